The highest BCUT2D eigenvalue weighted by atomic mass is 31.2. The van der Waals surface area contributed by atoms with Gasteiger partial charge in [-0.2, -0.15) is 10.1 Å². The van der Waals surface area contributed by atoms with Crippen molar-refractivity contribution in [2.45, 2.75) is 58.9 Å². The number of hydrogen-bond donors (Lipinski definition) is 4. The van der Waals surface area contributed by atoms with E-state index in [1.54, 1.807) is 36.5 Å². The van der Waals surface area contributed by atoms with Gasteiger partial charge in [-0.1, -0.05) is 44.9 Å². The largest absolute Gasteiger partial charge is 0.464 e. The zero-order valence-corrected chi connectivity index (χ0v) is 25.0. The molecule has 1 aliphatic rings. The Labute approximate surface area is 244 Å². The summed E-state index contributed by atoms with van der Waals surface area (Å²) in [5, 5.41) is 13.0. The summed E-state index contributed by atoms with van der Waals surface area (Å²) in [7, 11) is -4.13. The topological polar surface area (TPSA) is 184 Å². The third-order valence-electron chi connectivity index (χ3n) is 7.17. The molecule has 0 unspecified atom stereocenters. The molecule has 3 atom stereocenters. The van der Waals surface area contributed by atoms with Crippen molar-refractivity contribution in [3.05, 3.63) is 52.6 Å². The van der Waals surface area contributed by atoms with E-state index in [2.05, 4.69) is 33.9 Å². The molecule has 13 nitrogen and oxygen atoms in total. The minimum atomic E-state index is -4.13. The van der Waals surface area contributed by atoms with Crippen LogP contribution in [0.1, 0.15) is 52.9 Å². The molecule has 1 aromatic carbocycles. The van der Waals surface area contributed by atoms with Gasteiger partial charge in [-0.15, -0.1) is 0 Å². The van der Waals surface area contributed by atoms with Crippen LogP contribution >= 0.6 is 7.75 Å². The molecule has 42 heavy (non-hydrogen) atoms. The second-order valence-electron chi connectivity index (χ2n) is 10.6. The van der Waals surface area contributed by atoms with E-state index in [1.807, 2.05) is 0 Å². The molecule has 0 saturated heterocycles. The van der Waals surface area contributed by atoms with Crippen LogP contribution in [-0.4, -0.2) is 56.5 Å². The van der Waals surface area contributed by atoms with Crippen LogP contribution in [0, 0.1) is 11.3 Å². The van der Waals surface area contributed by atoms with Gasteiger partial charge in [0.05, 0.1) is 19.8 Å². The number of nitrogen functional groups attached to an aromatic ring is 1. The molecule has 14 heteroatoms. The molecule has 1 aliphatic carbocycles. The first kappa shape index (κ1) is 31.4. The van der Waals surface area contributed by atoms with Gasteiger partial charge in [0.25, 0.3) is 5.56 Å². The molecule has 0 bridgehead atoms. The first-order valence-electron chi connectivity index (χ1n) is 14.1. The number of anilines is 1. The van der Waals surface area contributed by atoms with Crippen LogP contribution in [0.3, 0.4) is 0 Å². The van der Waals surface area contributed by atoms with Gasteiger partial charge in [-0.05, 0) is 49.8 Å². The van der Waals surface area contributed by atoms with Crippen LogP contribution in [0.15, 0.2) is 47.0 Å². The van der Waals surface area contributed by atoms with Crippen molar-refractivity contribution in [3.8, 4) is 5.75 Å². The second-order valence-corrected chi connectivity index (χ2v) is 12.3. The Kier molecular flexibility index (Phi) is 10.2. The molecule has 3 aromatic rings. The van der Waals surface area contributed by atoms with Gasteiger partial charge >= 0.3 is 13.7 Å². The SMILES string of the molecule is CCCC(CCC)COC(=O)[C@H](C)N[P@](=O)(OC[C@]1(CO)C/C1=C/n1cnc2c(=O)[nH]c(N)nc21)Oc1ccccc1. The molecule has 1 saturated carbocycles. The van der Waals surface area contributed by atoms with Gasteiger partial charge in [-0.25, -0.2) is 9.55 Å². The fraction of sp³-hybridized carbons (Fsp3) is 0.500. The number of nitrogens with two attached hydrogens (primary N) is 1. The lowest BCUT2D eigenvalue weighted by Crippen LogP contribution is -2.36. The second kappa shape index (κ2) is 13.6. The highest BCUT2D eigenvalue weighted by Gasteiger charge is 2.51. The average molecular weight is 603 g/mol. The normalized spacial score (nSPS) is 19.6. The van der Waals surface area contributed by atoms with E-state index in [0.717, 1.165) is 31.3 Å². The van der Waals surface area contributed by atoms with Gasteiger partial charge in [0.2, 0.25) is 5.95 Å². The molecule has 0 aliphatic heterocycles. The van der Waals surface area contributed by atoms with E-state index in [9.17, 15) is 19.3 Å². The number of esters is 1. The Balaban J connectivity index is 1.48. The predicted molar refractivity (Wildman–Crippen MR) is 158 cm³/mol. The number of aliphatic hydroxyl groups is 1. The number of imidazole rings is 1. The number of para-hydroxylation sites is 1. The number of nitrogens with zero attached hydrogens (tertiary/aromatic N) is 3. The van der Waals surface area contributed by atoms with Crippen LogP contribution in [0.25, 0.3) is 17.4 Å². The third-order valence-corrected chi connectivity index (χ3v) is 8.80. The molecule has 4 rings (SSSR count). The van der Waals surface area contributed by atoms with Gasteiger partial charge in [0, 0.05) is 11.6 Å². The summed E-state index contributed by atoms with van der Waals surface area (Å²) < 4.78 is 32.6. The highest BCUT2D eigenvalue weighted by Crippen LogP contribution is 2.56. The molecular weight excluding hydrogens is 563 g/mol. The van der Waals surface area contributed by atoms with Crippen molar-refractivity contribution in [1.82, 2.24) is 24.6 Å². The van der Waals surface area contributed by atoms with Crippen LogP contribution in [0.4, 0.5) is 5.95 Å². The maximum absolute atomic E-state index is 14.0. The Bertz CT molecular complexity index is 1500. The quantitative estimate of drug-likeness (QED) is 0.138. The molecule has 5 N–H and O–H groups in total. The summed E-state index contributed by atoms with van der Waals surface area (Å²) in [5.74, 6) is -0.0698. The Morgan fingerprint density at radius 1 is 1.29 bits per heavy atom. The van der Waals surface area contributed by atoms with Crippen LogP contribution in [0.2, 0.25) is 0 Å². The summed E-state index contributed by atoms with van der Waals surface area (Å²) in [6.45, 7) is 5.53. The minimum Gasteiger partial charge on any atom is -0.464 e. The smallest absolute Gasteiger partial charge is 0.459 e. The fourth-order valence-corrected chi connectivity index (χ4v) is 6.29. The van der Waals surface area contributed by atoms with Crippen molar-refractivity contribution < 1.29 is 28.3 Å². The molecule has 2 aromatic heterocycles. The van der Waals surface area contributed by atoms with Crippen molar-refractivity contribution >= 4 is 37.0 Å². The molecule has 0 spiro atoms. The summed E-state index contributed by atoms with van der Waals surface area (Å²) in [4.78, 5) is 35.6. The molecule has 228 valence electrons. The number of hydrogen-bond acceptors (Lipinski definition) is 10. The maximum Gasteiger partial charge on any atom is 0.459 e. The third kappa shape index (κ3) is 7.65. The minimum absolute atomic E-state index is 0.0517. The molecule has 0 amide bonds. The first-order valence-corrected chi connectivity index (χ1v) is 15.6. The van der Waals surface area contributed by atoms with E-state index < -0.39 is 30.7 Å². The molecule has 0 radical (unpaired) electrons. The number of rotatable bonds is 16. The van der Waals surface area contributed by atoms with Crippen LogP contribution in [-0.2, 0) is 18.6 Å². The number of aliphatic hydroxyl groups excluding tert-OH is 1. The maximum atomic E-state index is 14.0. The number of fused-ring (bicyclic) bond motifs is 1. The molecule has 2 heterocycles. The van der Waals surface area contributed by atoms with E-state index in [1.165, 1.54) is 17.8 Å². The lowest BCUT2D eigenvalue weighted by Gasteiger charge is -2.25. The highest BCUT2D eigenvalue weighted by molar-refractivity contribution is 7.52. The lowest BCUT2D eigenvalue weighted by atomic mass is 9.99. The Morgan fingerprint density at radius 3 is 2.67 bits per heavy atom. The number of aromatic amines is 1. The molecular formula is C28H39N6O7P. The van der Waals surface area contributed by atoms with Crippen LogP contribution < -0.4 is 20.9 Å². The zero-order chi connectivity index (χ0) is 30.3. The fourth-order valence-electron chi connectivity index (χ4n) is 4.72. The summed E-state index contributed by atoms with van der Waals surface area (Å²) in [6, 6.07) is 7.47. The van der Waals surface area contributed by atoms with E-state index >= 15 is 0 Å². The standard InChI is InChI=1S/C28H39N6O7P/c1-4-9-20(10-5-2)15-39-26(37)19(3)33-42(38,41-22-11-7-6-8-12-22)40-17-28(16-35)13-21(28)14-34-18-30-23-24(34)31-27(29)32-25(23)36/h6-8,11-12,14,18-20,35H,4-5,9-10,13,15-17H2,1-3H3,(H,33,38)(H3,29,31,32,36)/b21-14-/t19-,28+,42-/m0/s1. The number of aromatic nitrogens is 4. The zero-order valence-electron chi connectivity index (χ0n) is 24.1. The summed E-state index contributed by atoms with van der Waals surface area (Å²) >= 11 is 0. The first-order chi connectivity index (χ1) is 20.1. The Morgan fingerprint density at radius 2 is 2.00 bits per heavy atom. The van der Waals surface area contributed by atoms with Gasteiger partial charge < -0.3 is 20.1 Å². The van der Waals surface area contributed by atoms with Gasteiger partial charge in [-0.3, -0.25) is 23.7 Å². The van der Waals surface area contributed by atoms with Gasteiger partial charge in [0.15, 0.2) is 11.2 Å². The molecule has 1 fully saturated rings. The monoisotopic (exact) mass is 602 g/mol. The summed E-state index contributed by atoms with van der Waals surface area (Å²) in [5.41, 5.74) is 5.49. The predicted octanol–water partition coefficient (Wildman–Crippen LogP) is 3.87. The van der Waals surface area contributed by atoms with E-state index in [0.29, 0.717) is 6.42 Å². The summed E-state index contributed by atoms with van der Waals surface area (Å²) in [6.07, 6.45) is 7.41. The number of nitrogens with one attached hydrogen (secondary N) is 2. The number of H-pyrrole nitrogens is 1. The number of carbonyl (C=O) groups is 1. The number of carbonyl (C=O) groups excluding carboxylic acids is 1. The Hall–Kier alpha value is -3.51. The van der Waals surface area contributed by atoms with Crippen molar-refractivity contribution in [2.75, 3.05) is 25.6 Å². The average Bonchev–Trinajstić information content (AvgIpc) is 3.51. The van der Waals surface area contributed by atoms with Crippen molar-refractivity contribution in [1.29, 1.82) is 0 Å². The number of benzene rings is 1. The van der Waals surface area contributed by atoms with E-state index in [-0.39, 0.29) is 48.6 Å². The van der Waals surface area contributed by atoms with E-state index in [4.69, 9.17) is 19.5 Å². The van der Waals surface area contributed by atoms with Crippen molar-refractivity contribution in [3.63, 3.8) is 0 Å². The number of ether oxygens (including phenoxy) is 1. The lowest BCUT2D eigenvalue weighted by molar-refractivity contribution is -0.146. The van der Waals surface area contributed by atoms with Crippen molar-refractivity contribution in [2.24, 2.45) is 11.3 Å². The van der Waals surface area contributed by atoms with Gasteiger partial charge in [0.1, 0.15) is 18.1 Å². The van der Waals surface area contributed by atoms with Crippen LogP contribution in [0.5, 0.6) is 5.75 Å².